The molecular weight excluding hydrogens is 188 g/mol. The number of rotatable bonds is 1. The molecule has 2 rings (SSSR count). The lowest BCUT2D eigenvalue weighted by molar-refractivity contribution is 0.394. The van der Waals surface area contributed by atoms with E-state index < -0.39 is 0 Å². The van der Waals surface area contributed by atoms with Crippen LogP contribution in [-0.4, -0.2) is 10.1 Å². The van der Waals surface area contributed by atoms with Gasteiger partial charge in [-0.15, -0.1) is 0 Å². The molecule has 0 radical (unpaired) electrons. The molecule has 0 spiro atoms. The van der Waals surface area contributed by atoms with Gasteiger partial charge in [0.25, 0.3) is 0 Å². The topological polar surface area (TPSA) is 38.9 Å². The van der Waals surface area contributed by atoms with Crippen molar-refractivity contribution >= 4 is 0 Å². The van der Waals surface area contributed by atoms with Crippen LogP contribution in [0.2, 0.25) is 0 Å². The largest absolute Gasteiger partial charge is 0.339 e. The smallest absolute Gasteiger partial charge is 0.223 e. The van der Waals surface area contributed by atoms with Crippen LogP contribution < -0.4 is 0 Å². The molecule has 1 aromatic heterocycles. The first kappa shape index (κ1) is 11.4. The molecule has 80 valence electrons. The molecule has 15 heavy (non-hydrogen) atoms. The zero-order valence-corrected chi connectivity index (χ0v) is 9.40. The van der Waals surface area contributed by atoms with Crippen molar-refractivity contribution < 1.29 is 4.52 Å². The van der Waals surface area contributed by atoms with Crippen LogP contribution in [0, 0.1) is 6.92 Å². The predicted octanol–water partition coefficient (Wildman–Crippen LogP) is 3.46. The molecule has 0 bridgehead atoms. The molecule has 3 heteroatoms. The summed E-state index contributed by atoms with van der Waals surface area (Å²) in [5, 5.41) is 3.80. The average Bonchev–Trinajstić information content (AvgIpc) is 2.67. The molecule has 0 atom stereocenters. The molecule has 1 heterocycles. The summed E-state index contributed by atoms with van der Waals surface area (Å²) in [6.07, 6.45) is 1.25. The van der Waals surface area contributed by atoms with Gasteiger partial charge < -0.3 is 4.52 Å². The molecule has 0 fully saturated rings. The molecule has 0 amide bonds. The van der Waals surface area contributed by atoms with Gasteiger partial charge in [0.1, 0.15) is 0 Å². The molecule has 0 aliphatic rings. The molecule has 0 saturated heterocycles. The number of benzene rings is 1. The minimum atomic E-state index is 0.592. The number of nitrogens with zero attached hydrogens (tertiary/aromatic N) is 2. The summed E-state index contributed by atoms with van der Waals surface area (Å²) in [7, 11) is 0. The zero-order chi connectivity index (χ0) is 11.1. The van der Waals surface area contributed by atoms with Gasteiger partial charge in [0, 0.05) is 12.5 Å². The summed E-state index contributed by atoms with van der Waals surface area (Å²) in [5.74, 6) is 1.24. The molecule has 2 aromatic rings. The van der Waals surface area contributed by atoms with Crippen molar-refractivity contribution in [2.24, 2.45) is 0 Å². The zero-order valence-electron chi connectivity index (χ0n) is 9.40. The van der Waals surface area contributed by atoms with Gasteiger partial charge in [-0.3, -0.25) is 0 Å². The van der Waals surface area contributed by atoms with Crippen molar-refractivity contribution in [2.75, 3.05) is 0 Å². The van der Waals surface area contributed by atoms with Gasteiger partial charge in [0.2, 0.25) is 11.7 Å². The van der Waals surface area contributed by atoms with Gasteiger partial charge in [-0.2, -0.15) is 4.98 Å². The Morgan fingerprint density at radius 2 is 1.73 bits per heavy atom. The fourth-order valence-electron chi connectivity index (χ4n) is 1.00. The highest BCUT2D eigenvalue weighted by atomic mass is 16.5. The summed E-state index contributed by atoms with van der Waals surface area (Å²) in [6, 6.07) is 9.74. The van der Waals surface area contributed by atoms with E-state index in [0.717, 1.165) is 5.56 Å². The van der Waals surface area contributed by atoms with Crippen LogP contribution in [0.3, 0.4) is 0 Å². The van der Waals surface area contributed by atoms with Crippen LogP contribution in [0.5, 0.6) is 0 Å². The normalized spacial score (nSPS) is 9.27. The minimum absolute atomic E-state index is 0.592. The quantitative estimate of drug-likeness (QED) is 0.714. The average molecular weight is 204 g/mol. The molecule has 0 N–H and O–H groups in total. The molecule has 0 aliphatic heterocycles. The van der Waals surface area contributed by atoms with Crippen molar-refractivity contribution in [3.8, 4) is 11.4 Å². The van der Waals surface area contributed by atoms with Crippen molar-refractivity contribution in [2.45, 2.75) is 27.2 Å². The van der Waals surface area contributed by atoms with E-state index in [1.165, 1.54) is 6.42 Å². The van der Waals surface area contributed by atoms with E-state index in [1.54, 1.807) is 6.92 Å². The maximum atomic E-state index is 4.86. The highest BCUT2D eigenvalue weighted by Crippen LogP contribution is 2.13. The van der Waals surface area contributed by atoms with Crippen LogP contribution in [-0.2, 0) is 0 Å². The first-order valence-electron chi connectivity index (χ1n) is 5.13. The lowest BCUT2D eigenvalue weighted by Gasteiger charge is -1.89. The van der Waals surface area contributed by atoms with Crippen LogP contribution in [0.25, 0.3) is 11.4 Å². The summed E-state index contributed by atoms with van der Waals surface area (Å²) in [6.45, 7) is 6.03. The number of hydrogen-bond donors (Lipinski definition) is 0. The Kier molecular flexibility index (Phi) is 4.54. The standard InChI is InChI=1S/C9H8N2O.C3H8/c1-7-10-9(11-12-7)8-5-3-2-4-6-8;1-3-2/h2-6H,1H3;3H2,1-2H3. The Bertz CT molecular complexity index is 382. The van der Waals surface area contributed by atoms with Gasteiger partial charge in [0.05, 0.1) is 0 Å². The lowest BCUT2D eigenvalue weighted by Crippen LogP contribution is -1.78. The minimum Gasteiger partial charge on any atom is -0.339 e. The van der Waals surface area contributed by atoms with Crippen LogP contribution in [0.1, 0.15) is 26.2 Å². The molecule has 1 aromatic carbocycles. The molecule has 0 aliphatic carbocycles. The van der Waals surface area contributed by atoms with Crippen molar-refractivity contribution in [1.82, 2.24) is 10.1 Å². The lowest BCUT2D eigenvalue weighted by atomic mass is 10.2. The van der Waals surface area contributed by atoms with E-state index >= 15 is 0 Å². The summed E-state index contributed by atoms with van der Waals surface area (Å²) >= 11 is 0. The summed E-state index contributed by atoms with van der Waals surface area (Å²) in [5.41, 5.74) is 0.981. The second-order valence-electron chi connectivity index (χ2n) is 3.21. The maximum Gasteiger partial charge on any atom is 0.223 e. The second-order valence-corrected chi connectivity index (χ2v) is 3.21. The fraction of sp³-hybridized carbons (Fsp3) is 0.333. The fourth-order valence-corrected chi connectivity index (χ4v) is 1.00. The number of aryl methyl sites for hydroxylation is 1. The van der Waals surface area contributed by atoms with Gasteiger partial charge >= 0.3 is 0 Å². The van der Waals surface area contributed by atoms with Gasteiger partial charge in [-0.05, 0) is 0 Å². The Labute approximate surface area is 90.1 Å². The van der Waals surface area contributed by atoms with Crippen LogP contribution in [0.4, 0.5) is 0 Å². The van der Waals surface area contributed by atoms with Gasteiger partial charge in [0.15, 0.2) is 0 Å². The number of hydrogen-bond acceptors (Lipinski definition) is 3. The third-order valence-corrected chi connectivity index (χ3v) is 1.56. The molecule has 3 nitrogen and oxygen atoms in total. The van der Waals surface area contributed by atoms with E-state index in [4.69, 9.17) is 4.52 Å². The molecule has 0 saturated carbocycles. The summed E-state index contributed by atoms with van der Waals surface area (Å²) in [4.78, 5) is 4.10. The first-order valence-corrected chi connectivity index (χ1v) is 5.13. The van der Waals surface area contributed by atoms with Gasteiger partial charge in [-0.1, -0.05) is 55.8 Å². The van der Waals surface area contributed by atoms with E-state index in [0.29, 0.717) is 11.7 Å². The SMILES string of the molecule is CCC.Cc1nc(-c2ccccc2)no1. The Morgan fingerprint density at radius 3 is 2.20 bits per heavy atom. The maximum absolute atomic E-state index is 4.86. The van der Waals surface area contributed by atoms with E-state index in [2.05, 4.69) is 24.0 Å². The highest BCUT2D eigenvalue weighted by Gasteiger charge is 2.02. The molecular formula is C12H16N2O. The van der Waals surface area contributed by atoms with Crippen molar-refractivity contribution in [1.29, 1.82) is 0 Å². The van der Waals surface area contributed by atoms with E-state index in [1.807, 2.05) is 30.3 Å². The van der Waals surface area contributed by atoms with Gasteiger partial charge in [-0.25, -0.2) is 0 Å². The van der Waals surface area contributed by atoms with Crippen molar-refractivity contribution in [3.63, 3.8) is 0 Å². The second kappa shape index (κ2) is 5.96. The highest BCUT2D eigenvalue weighted by molar-refractivity contribution is 5.53. The van der Waals surface area contributed by atoms with E-state index in [9.17, 15) is 0 Å². The Hall–Kier alpha value is -1.64. The first-order chi connectivity index (χ1) is 7.27. The van der Waals surface area contributed by atoms with Crippen molar-refractivity contribution in [3.05, 3.63) is 36.2 Å². The predicted molar refractivity (Wildman–Crippen MR) is 60.4 cm³/mol. The monoisotopic (exact) mass is 204 g/mol. The Balaban J connectivity index is 0.000000337. The third kappa shape index (κ3) is 3.54. The summed E-state index contributed by atoms with van der Waals surface area (Å²) < 4.78 is 4.86. The van der Waals surface area contributed by atoms with Crippen LogP contribution >= 0.6 is 0 Å². The molecule has 0 unspecified atom stereocenters. The Morgan fingerprint density at radius 1 is 1.13 bits per heavy atom. The number of aromatic nitrogens is 2. The van der Waals surface area contributed by atoms with E-state index in [-0.39, 0.29) is 0 Å². The third-order valence-electron chi connectivity index (χ3n) is 1.56. The van der Waals surface area contributed by atoms with Crippen LogP contribution in [0.15, 0.2) is 34.9 Å².